The summed E-state index contributed by atoms with van der Waals surface area (Å²) >= 11 is 4.18. The van der Waals surface area contributed by atoms with E-state index in [4.69, 9.17) is 0 Å². The molecule has 0 aromatic carbocycles. The van der Waals surface area contributed by atoms with Crippen LogP contribution in [0, 0.1) is 0 Å². The predicted molar refractivity (Wildman–Crippen MR) is 43.9 cm³/mol. The van der Waals surface area contributed by atoms with Gasteiger partial charge >= 0.3 is 0 Å². The summed E-state index contributed by atoms with van der Waals surface area (Å²) in [6.45, 7) is 4.65. The molecule has 0 radical (unpaired) electrons. The minimum atomic E-state index is 0.558. The molecule has 0 spiro atoms. The van der Waals surface area contributed by atoms with Gasteiger partial charge in [-0.25, -0.2) is 0 Å². The van der Waals surface area contributed by atoms with Crippen molar-refractivity contribution in [1.29, 1.82) is 0 Å². The van der Waals surface area contributed by atoms with E-state index < -0.39 is 0 Å². The van der Waals surface area contributed by atoms with E-state index in [0.29, 0.717) is 4.75 Å². The second kappa shape index (κ2) is 2.53. The third-order valence-electron chi connectivity index (χ3n) is 1.17. The molecule has 8 heavy (non-hydrogen) atoms. The zero-order valence-corrected chi connectivity index (χ0v) is 7.07. The standard InChI is InChI=1S/C6H12S2/c1-6(2)5-7-3-4-8-6/h3-5H2,1-2H3. The van der Waals surface area contributed by atoms with E-state index in [1.807, 2.05) is 0 Å². The summed E-state index contributed by atoms with van der Waals surface area (Å²) in [5.74, 6) is 4.03. The maximum absolute atomic E-state index is 2.32. The third kappa shape index (κ3) is 1.90. The van der Waals surface area contributed by atoms with Crippen LogP contribution >= 0.6 is 23.5 Å². The van der Waals surface area contributed by atoms with Gasteiger partial charge in [0.15, 0.2) is 0 Å². The molecule has 0 N–H and O–H groups in total. The van der Waals surface area contributed by atoms with Gasteiger partial charge in [0, 0.05) is 22.0 Å². The zero-order valence-electron chi connectivity index (χ0n) is 5.44. The molecule has 1 aliphatic rings. The summed E-state index contributed by atoms with van der Waals surface area (Å²) in [7, 11) is 0. The van der Waals surface area contributed by atoms with E-state index in [-0.39, 0.29) is 0 Å². The van der Waals surface area contributed by atoms with Crippen molar-refractivity contribution in [2.45, 2.75) is 18.6 Å². The van der Waals surface area contributed by atoms with Crippen LogP contribution in [-0.2, 0) is 0 Å². The number of rotatable bonds is 0. The fourth-order valence-corrected chi connectivity index (χ4v) is 3.31. The molecule has 0 nitrogen and oxygen atoms in total. The summed E-state index contributed by atoms with van der Waals surface area (Å²) in [5, 5.41) is 0. The lowest BCUT2D eigenvalue weighted by Crippen LogP contribution is -2.23. The Labute approximate surface area is 59.8 Å². The quantitative estimate of drug-likeness (QED) is 0.517. The van der Waals surface area contributed by atoms with Crippen LogP contribution in [0.4, 0.5) is 0 Å². The molecule has 0 aliphatic carbocycles. The van der Waals surface area contributed by atoms with Crippen LogP contribution < -0.4 is 0 Å². The molecule has 0 bridgehead atoms. The minimum absolute atomic E-state index is 0.558. The highest BCUT2D eigenvalue weighted by atomic mass is 32.2. The monoisotopic (exact) mass is 148 g/mol. The average Bonchev–Trinajstić information content (AvgIpc) is 1.65. The first-order chi connectivity index (χ1) is 3.71. The molecule has 1 aliphatic heterocycles. The normalized spacial score (nSPS) is 27.8. The lowest BCUT2D eigenvalue weighted by molar-refractivity contribution is 0.812. The van der Waals surface area contributed by atoms with Crippen molar-refractivity contribution in [2.75, 3.05) is 17.3 Å². The number of hydrogen-bond donors (Lipinski definition) is 0. The van der Waals surface area contributed by atoms with Gasteiger partial charge in [-0.2, -0.15) is 23.5 Å². The first kappa shape index (κ1) is 6.81. The zero-order chi connectivity index (χ0) is 6.04. The summed E-state index contributed by atoms with van der Waals surface area (Å²) in [6, 6.07) is 0. The summed E-state index contributed by atoms with van der Waals surface area (Å²) < 4.78 is 0.558. The summed E-state index contributed by atoms with van der Waals surface area (Å²) in [4.78, 5) is 0. The molecule has 0 aromatic heterocycles. The first-order valence-corrected chi connectivity index (χ1v) is 5.06. The largest absolute Gasteiger partial charge is 0.160 e. The molecule has 0 aromatic rings. The van der Waals surface area contributed by atoms with Crippen LogP contribution in [0.3, 0.4) is 0 Å². The van der Waals surface area contributed by atoms with E-state index in [1.165, 1.54) is 17.3 Å². The molecule has 1 heterocycles. The lowest BCUT2D eigenvalue weighted by Gasteiger charge is -2.27. The van der Waals surface area contributed by atoms with Crippen molar-refractivity contribution < 1.29 is 0 Å². The number of thioether (sulfide) groups is 2. The maximum atomic E-state index is 2.32. The van der Waals surface area contributed by atoms with Crippen molar-refractivity contribution in [3.05, 3.63) is 0 Å². The Kier molecular flexibility index (Phi) is 2.15. The summed E-state index contributed by atoms with van der Waals surface area (Å²) in [6.07, 6.45) is 0. The molecular formula is C6H12S2. The smallest absolute Gasteiger partial charge is 0.0194 e. The van der Waals surface area contributed by atoms with Gasteiger partial charge in [0.2, 0.25) is 0 Å². The highest BCUT2D eigenvalue weighted by Gasteiger charge is 2.21. The van der Waals surface area contributed by atoms with Gasteiger partial charge in [-0.15, -0.1) is 0 Å². The Morgan fingerprint density at radius 1 is 1.25 bits per heavy atom. The minimum Gasteiger partial charge on any atom is -0.160 e. The van der Waals surface area contributed by atoms with Crippen LogP contribution in [0.5, 0.6) is 0 Å². The SMILES string of the molecule is CC1(C)CSCCS1. The van der Waals surface area contributed by atoms with Crippen molar-refractivity contribution in [3.63, 3.8) is 0 Å². The highest BCUT2D eigenvalue weighted by Crippen LogP contribution is 2.33. The van der Waals surface area contributed by atoms with Gasteiger partial charge in [0.25, 0.3) is 0 Å². The fraction of sp³-hybridized carbons (Fsp3) is 1.00. The van der Waals surface area contributed by atoms with Gasteiger partial charge in [-0.05, 0) is 13.8 Å². The van der Waals surface area contributed by atoms with E-state index in [9.17, 15) is 0 Å². The van der Waals surface area contributed by atoms with Crippen molar-refractivity contribution >= 4 is 23.5 Å². The molecular weight excluding hydrogens is 136 g/mol. The van der Waals surface area contributed by atoms with E-state index in [1.54, 1.807) is 0 Å². The first-order valence-electron chi connectivity index (χ1n) is 2.92. The van der Waals surface area contributed by atoms with Crippen molar-refractivity contribution in [3.8, 4) is 0 Å². The van der Waals surface area contributed by atoms with Crippen LogP contribution in [0.2, 0.25) is 0 Å². The molecule has 48 valence electrons. The molecule has 1 fully saturated rings. The maximum Gasteiger partial charge on any atom is 0.0194 e. The molecule has 0 amide bonds. The lowest BCUT2D eigenvalue weighted by atomic mass is 10.2. The van der Waals surface area contributed by atoms with Crippen LogP contribution in [0.25, 0.3) is 0 Å². The molecule has 0 saturated carbocycles. The molecule has 1 rings (SSSR count). The van der Waals surface area contributed by atoms with Gasteiger partial charge < -0.3 is 0 Å². The third-order valence-corrected chi connectivity index (χ3v) is 4.36. The average molecular weight is 148 g/mol. The van der Waals surface area contributed by atoms with Crippen molar-refractivity contribution in [1.82, 2.24) is 0 Å². The topological polar surface area (TPSA) is 0 Å². The van der Waals surface area contributed by atoms with Gasteiger partial charge in [-0.3, -0.25) is 0 Å². The van der Waals surface area contributed by atoms with Gasteiger partial charge in [0.1, 0.15) is 0 Å². The van der Waals surface area contributed by atoms with E-state index >= 15 is 0 Å². The Hall–Kier alpha value is 0.700. The Bertz CT molecular complexity index is 70.6. The van der Waals surface area contributed by atoms with E-state index in [0.717, 1.165) is 0 Å². The second-order valence-electron chi connectivity index (χ2n) is 2.66. The molecule has 0 atom stereocenters. The predicted octanol–water partition coefficient (Wildman–Crippen LogP) is 2.25. The Balaban J connectivity index is 2.33. The molecule has 2 heteroatoms. The Morgan fingerprint density at radius 3 is 2.25 bits per heavy atom. The summed E-state index contributed by atoms with van der Waals surface area (Å²) in [5.41, 5.74) is 0. The van der Waals surface area contributed by atoms with E-state index in [2.05, 4.69) is 37.4 Å². The van der Waals surface area contributed by atoms with Crippen LogP contribution in [0.1, 0.15) is 13.8 Å². The highest BCUT2D eigenvalue weighted by molar-refractivity contribution is 8.07. The van der Waals surface area contributed by atoms with Gasteiger partial charge in [0.05, 0.1) is 0 Å². The van der Waals surface area contributed by atoms with Crippen LogP contribution in [-0.4, -0.2) is 22.0 Å². The van der Waals surface area contributed by atoms with Crippen molar-refractivity contribution in [2.24, 2.45) is 0 Å². The second-order valence-corrected chi connectivity index (χ2v) is 5.57. The number of hydrogen-bond acceptors (Lipinski definition) is 2. The van der Waals surface area contributed by atoms with Gasteiger partial charge in [-0.1, -0.05) is 0 Å². The fourth-order valence-electron chi connectivity index (χ4n) is 0.737. The Morgan fingerprint density at radius 2 is 2.00 bits per heavy atom. The van der Waals surface area contributed by atoms with Crippen LogP contribution in [0.15, 0.2) is 0 Å². The molecule has 1 saturated heterocycles. The molecule has 0 unspecified atom stereocenters.